The second kappa shape index (κ2) is 7.42. The standard InChI is InChI=1S/C16H25N3O3S/c1-3-18-23(21,22)14-9-4-11(2)15(10-14)16(20)19-13-7-5-12(17)6-8-13/h4,9-10,12-13,18H,3,5-8,17H2,1-2H3,(H,19,20). The maximum atomic E-state index is 12.5. The fourth-order valence-electron chi connectivity index (χ4n) is 2.81. The highest BCUT2D eigenvalue weighted by atomic mass is 32.2. The zero-order valence-corrected chi connectivity index (χ0v) is 14.4. The minimum absolute atomic E-state index is 0.107. The lowest BCUT2D eigenvalue weighted by atomic mass is 9.91. The summed E-state index contributed by atoms with van der Waals surface area (Å²) in [5.41, 5.74) is 7.03. The van der Waals surface area contributed by atoms with Crippen LogP contribution < -0.4 is 15.8 Å². The molecular formula is C16H25N3O3S. The lowest BCUT2D eigenvalue weighted by molar-refractivity contribution is 0.0925. The van der Waals surface area contributed by atoms with Gasteiger partial charge in [0.2, 0.25) is 10.0 Å². The van der Waals surface area contributed by atoms with Crippen molar-refractivity contribution in [2.45, 2.75) is 56.5 Å². The number of nitrogens with two attached hydrogens (primary N) is 1. The highest BCUT2D eigenvalue weighted by Crippen LogP contribution is 2.19. The van der Waals surface area contributed by atoms with Crippen molar-refractivity contribution in [2.75, 3.05) is 6.54 Å². The van der Waals surface area contributed by atoms with Gasteiger partial charge in [-0.15, -0.1) is 0 Å². The number of carbonyl (C=O) groups is 1. The number of rotatable bonds is 5. The third kappa shape index (κ3) is 4.53. The second-order valence-corrected chi connectivity index (χ2v) is 7.83. The Balaban J connectivity index is 2.16. The topological polar surface area (TPSA) is 101 Å². The Hall–Kier alpha value is -1.44. The van der Waals surface area contributed by atoms with Crippen molar-refractivity contribution in [3.63, 3.8) is 0 Å². The number of carbonyl (C=O) groups excluding carboxylic acids is 1. The Bertz CT molecular complexity index is 665. The molecule has 2 rings (SSSR count). The highest BCUT2D eigenvalue weighted by Gasteiger charge is 2.22. The van der Waals surface area contributed by atoms with Crippen LogP contribution in [-0.4, -0.2) is 33.0 Å². The van der Waals surface area contributed by atoms with Crippen LogP contribution in [0.1, 0.15) is 48.5 Å². The molecule has 0 saturated heterocycles. The lowest BCUT2D eigenvalue weighted by Gasteiger charge is -2.27. The average molecular weight is 339 g/mol. The van der Waals surface area contributed by atoms with E-state index in [9.17, 15) is 13.2 Å². The summed E-state index contributed by atoms with van der Waals surface area (Å²) < 4.78 is 26.6. The lowest BCUT2D eigenvalue weighted by Crippen LogP contribution is -2.40. The predicted octanol–water partition coefficient (Wildman–Crippen LogP) is 1.29. The third-order valence-corrected chi connectivity index (χ3v) is 5.75. The molecule has 0 radical (unpaired) electrons. The van der Waals surface area contributed by atoms with Crippen molar-refractivity contribution in [1.82, 2.24) is 10.0 Å². The highest BCUT2D eigenvalue weighted by molar-refractivity contribution is 7.89. The molecule has 1 amide bonds. The monoisotopic (exact) mass is 339 g/mol. The number of hydrogen-bond donors (Lipinski definition) is 3. The van der Waals surface area contributed by atoms with Gasteiger partial charge in [0.1, 0.15) is 0 Å². The Morgan fingerprint density at radius 1 is 1.26 bits per heavy atom. The summed E-state index contributed by atoms with van der Waals surface area (Å²) >= 11 is 0. The van der Waals surface area contributed by atoms with Crippen LogP contribution in [0.2, 0.25) is 0 Å². The van der Waals surface area contributed by atoms with Crippen molar-refractivity contribution in [3.05, 3.63) is 29.3 Å². The van der Waals surface area contributed by atoms with Crippen molar-refractivity contribution in [1.29, 1.82) is 0 Å². The maximum absolute atomic E-state index is 12.5. The first kappa shape index (κ1) is 17.9. The number of benzene rings is 1. The van der Waals surface area contributed by atoms with Crippen LogP contribution in [0.25, 0.3) is 0 Å². The van der Waals surface area contributed by atoms with Crippen LogP contribution in [0.4, 0.5) is 0 Å². The molecule has 1 fully saturated rings. The van der Waals surface area contributed by atoms with Gasteiger partial charge in [0, 0.05) is 24.2 Å². The summed E-state index contributed by atoms with van der Waals surface area (Å²) in [5, 5.41) is 3.00. The largest absolute Gasteiger partial charge is 0.349 e. The van der Waals surface area contributed by atoms with Gasteiger partial charge in [0.05, 0.1) is 4.90 Å². The van der Waals surface area contributed by atoms with Gasteiger partial charge in [-0.25, -0.2) is 13.1 Å². The quantitative estimate of drug-likeness (QED) is 0.752. The van der Waals surface area contributed by atoms with E-state index in [1.807, 2.05) is 0 Å². The number of sulfonamides is 1. The summed E-state index contributed by atoms with van der Waals surface area (Å²) in [4.78, 5) is 12.6. The molecule has 1 aromatic rings. The smallest absolute Gasteiger partial charge is 0.251 e. The molecule has 0 heterocycles. The molecule has 128 valence electrons. The fourth-order valence-corrected chi connectivity index (χ4v) is 3.88. The Kier molecular flexibility index (Phi) is 5.78. The Labute approximate surface area is 137 Å². The van der Waals surface area contributed by atoms with Crippen molar-refractivity contribution in [2.24, 2.45) is 5.73 Å². The average Bonchev–Trinajstić information content (AvgIpc) is 2.49. The molecule has 1 aromatic carbocycles. The molecule has 0 aromatic heterocycles. The number of amides is 1. The number of hydrogen-bond acceptors (Lipinski definition) is 4. The first-order chi connectivity index (χ1) is 10.8. The molecule has 0 unspecified atom stereocenters. The van der Waals surface area contributed by atoms with Gasteiger partial charge in [-0.1, -0.05) is 13.0 Å². The molecule has 1 saturated carbocycles. The molecule has 1 aliphatic carbocycles. The van der Waals surface area contributed by atoms with E-state index in [2.05, 4.69) is 10.0 Å². The zero-order valence-electron chi connectivity index (χ0n) is 13.6. The molecule has 6 nitrogen and oxygen atoms in total. The van der Waals surface area contributed by atoms with Crippen LogP contribution >= 0.6 is 0 Å². The van der Waals surface area contributed by atoms with E-state index >= 15 is 0 Å². The van der Waals surface area contributed by atoms with Crippen LogP contribution in [0.5, 0.6) is 0 Å². The summed E-state index contributed by atoms with van der Waals surface area (Å²) in [5.74, 6) is -0.225. The molecule has 7 heteroatoms. The van der Waals surface area contributed by atoms with Crippen molar-refractivity contribution in [3.8, 4) is 0 Å². The van der Waals surface area contributed by atoms with Crippen LogP contribution in [0.3, 0.4) is 0 Å². The molecule has 23 heavy (non-hydrogen) atoms. The van der Waals surface area contributed by atoms with E-state index in [1.165, 1.54) is 12.1 Å². The molecule has 1 aliphatic rings. The second-order valence-electron chi connectivity index (χ2n) is 6.06. The molecule has 0 spiro atoms. The van der Waals surface area contributed by atoms with Gasteiger partial charge >= 0.3 is 0 Å². The van der Waals surface area contributed by atoms with Gasteiger partial charge in [0.25, 0.3) is 5.91 Å². The van der Waals surface area contributed by atoms with Crippen LogP contribution in [0.15, 0.2) is 23.1 Å². The van der Waals surface area contributed by atoms with E-state index in [-0.39, 0.29) is 22.9 Å². The number of nitrogens with one attached hydrogen (secondary N) is 2. The minimum atomic E-state index is -3.57. The normalized spacial score (nSPS) is 21.9. The zero-order chi connectivity index (χ0) is 17.0. The molecule has 0 bridgehead atoms. The van der Waals surface area contributed by atoms with Crippen molar-refractivity contribution >= 4 is 15.9 Å². The molecule has 4 N–H and O–H groups in total. The van der Waals surface area contributed by atoms with E-state index in [1.54, 1.807) is 19.9 Å². The van der Waals surface area contributed by atoms with Gasteiger partial charge < -0.3 is 11.1 Å². The van der Waals surface area contributed by atoms with Gasteiger partial charge in [-0.05, 0) is 50.3 Å². The fraction of sp³-hybridized carbons (Fsp3) is 0.562. The summed E-state index contributed by atoms with van der Waals surface area (Å²) in [6.07, 6.45) is 3.53. The SMILES string of the molecule is CCNS(=O)(=O)c1ccc(C)c(C(=O)NC2CCC(N)CC2)c1. The first-order valence-electron chi connectivity index (χ1n) is 8.00. The molecular weight excluding hydrogens is 314 g/mol. The molecule has 0 aliphatic heterocycles. The van der Waals surface area contributed by atoms with E-state index in [0.717, 1.165) is 31.2 Å². The summed E-state index contributed by atoms with van der Waals surface area (Å²) in [6.45, 7) is 3.82. The van der Waals surface area contributed by atoms with E-state index < -0.39 is 10.0 Å². The minimum Gasteiger partial charge on any atom is -0.349 e. The maximum Gasteiger partial charge on any atom is 0.251 e. The van der Waals surface area contributed by atoms with Gasteiger partial charge in [0.15, 0.2) is 0 Å². The summed E-state index contributed by atoms with van der Waals surface area (Å²) in [6, 6.07) is 4.95. The van der Waals surface area contributed by atoms with Gasteiger partial charge in [-0.3, -0.25) is 4.79 Å². The predicted molar refractivity (Wildman–Crippen MR) is 89.7 cm³/mol. The first-order valence-corrected chi connectivity index (χ1v) is 9.48. The van der Waals surface area contributed by atoms with E-state index in [4.69, 9.17) is 5.73 Å². The Morgan fingerprint density at radius 3 is 2.52 bits per heavy atom. The van der Waals surface area contributed by atoms with Crippen molar-refractivity contribution < 1.29 is 13.2 Å². The summed E-state index contributed by atoms with van der Waals surface area (Å²) in [7, 11) is -3.57. The van der Waals surface area contributed by atoms with Crippen LogP contribution in [-0.2, 0) is 10.0 Å². The molecule has 0 atom stereocenters. The Morgan fingerprint density at radius 2 is 1.91 bits per heavy atom. The third-order valence-electron chi connectivity index (χ3n) is 4.21. The van der Waals surface area contributed by atoms with E-state index in [0.29, 0.717) is 12.1 Å². The number of aryl methyl sites for hydroxylation is 1. The van der Waals surface area contributed by atoms with Crippen LogP contribution in [0, 0.1) is 6.92 Å². The van der Waals surface area contributed by atoms with Gasteiger partial charge in [-0.2, -0.15) is 0 Å².